The van der Waals surface area contributed by atoms with Crippen molar-refractivity contribution in [2.24, 2.45) is 0 Å². The molecule has 3 rings (SSSR count). The zero-order chi connectivity index (χ0) is 21.7. The Balaban J connectivity index is 1.84. The van der Waals surface area contributed by atoms with Crippen LogP contribution < -0.4 is 10.6 Å². The molecule has 2 aromatic carbocycles. The number of amides is 2. The van der Waals surface area contributed by atoms with Gasteiger partial charge in [-0.05, 0) is 55.5 Å². The van der Waals surface area contributed by atoms with Crippen molar-refractivity contribution in [3.63, 3.8) is 0 Å². The topological polar surface area (TPSA) is 85.2 Å². The number of alkyl halides is 3. The normalized spacial score (nSPS) is 11.1. The highest BCUT2D eigenvalue weighted by molar-refractivity contribution is 6.05. The van der Waals surface area contributed by atoms with Gasteiger partial charge < -0.3 is 10.1 Å². The lowest BCUT2D eigenvalue weighted by atomic mass is 10.1. The Morgan fingerprint density at radius 3 is 2.43 bits per heavy atom. The lowest BCUT2D eigenvalue weighted by molar-refractivity contribution is -0.137. The third-order valence-corrected chi connectivity index (χ3v) is 3.99. The van der Waals surface area contributed by atoms with Crippen molar-refractivity contribution < 1.29 is 27.5 Å². The van der Waals surface area contributed by atoms with E-state index < -0.39 is 23.7 Å². The molecule has 30 heavy (non-hydrogen) atoms. The number of nitrogens with zero attached hydrogens (tertiary/aromatic N) is 2. The molecule has 0 unspecified atom stereocenters. The van der Waals surface area contributed by atoms with Gasteiger partial charge in [0.25, 0.3) is 5.91 Å². The van der Waals surface area contributed by atoms with E-state index in [1.165, 1.54) is 41.2 Å². The van der Waals surface area contributed by atoms with Crippen LogP contribution in [-0.2, 0) is 10.9 Å². The number of benzene rings is 2. The van der Waals surface area contributed by atoms with Gasteiger partial charge in [0.2, 0.25) is 0 Å². The van der Waals surface area contributed by atoms with Gasteiger partial charge in [0.05, 0.1) is 23.5 Å². The first-order valence-corrected chi connectivity index (χ1v) is 8.84. The summed E-state index contributed by atoms with van der Waals surface area (Å²) in [5.41, 5.74) is -0.0774. The quantitative estimate of drug-likeness (QED) is 0.628. The zero-order valence-electron chi connectivity index (χ0n) is 15.7. The van der Waals surface area contributed by atoms with Crippen molar-refractivity contribution in [1.82, 2.24) is 9.78 Å². The van der Waals surface area contributed by atoms with Crippen LogP contribution in [0.3, 0.4) is 0 Å². The van der Waals surface area contributed by atoms with Gasteiger partial charge in [-0.1, -0.05) is 0 Å². The first-order chi connectivity index (χ1) is 14.3. The van der Waals surface area contributed by atoms with Gasteiger partial charge in [-0.25, -0.2) is 9.48 Å². The van der Waals surface area contributed by atoms with Gasteiger partial charge in [-0.3, -0.25) is 10.1 Å². The first kappa shape index (κ1) is 20.9. The third-order valence-electron chi connectivity index (χ3n) is 3.99. The number of anilines is 2. The second kappa shape index (κ2) is 8.68. The molecule has 0 aliphatic rings. The Bertz CT molecular complexity index is 1030. The van der Waals surface area contributed by atoms with E-state index in [4.69, 9.17) is 4.74 Å². The van der Waals surface area contributed by atoms with E-state index in [0.717, 1.165) is 12.1 Å². The minimum atomic E-state index is -4.57. The molecule has 1 heterocycles. The van der Waals surface area contributed by atoms with Crippen LogP contribution in [0.4, 0.5) is 29.3 Å². The molecule has 2 N–H and O–H groups in total. The molecular weight excluding hydrogens is 401 g/mol. The minimum absolute atomic E-state index is 0.0488. The highest BCUT2D eigenvalue weighted by atomic mass is 19.4. The van der Waals surface area contributed by atoms with Crippen LogP contribution in [0.1, 0.15) is 22.8 Å². The summed E-state index contributed by atoms with van der Waals surface area (Å²) in [5, 5.41) is 8.98. The molecule has 1 aromatic heterocycles. The molecule has 7 nitrogen and oxygen atoms in total. The maximum atomic E-state index is 13.1. The number of nitrogens with one attached hydrogen (secondary N) is 2. The zero-order valence-corrected chi connectivity index (χ0v) is 15.7. The van der Waals surface area contributed by atoms with Crippen molar-refractivity contribution in [1.29, 1.82) is 0 Å². The van der Waals surface area contributed by atoms with E-state index in [-0.39, 0.29) is 23.5 Å². The highest BCUT2D eigenvalue weighted by Crippen LogP contribution is 2.33. The van der Waals surface area contributed by atoms with Crippen LogP contribution in [0.5, 0.6) is 0 Å². The first-order valence-electron chi connectivity index (χ1n) is 8.84. The standard InChI is InChI=1S/C20H17F3N4O3/c1-2-30-19(29)25-15-7-4-13(5-8-15)18(28)26-16-12-14(20(21,22)23)6-9-17(16)27-11-3-10-24-27/h3-12H,2H2,1H3,(H,25,29)(H,26,28). The molecule has 0 radical (unpaired) electrons. The second-order valence-corrected chi connectivity index (χ2v) is 6.06. The molecule has 0 spiro atoms. The van der Waals surface area contributed by atoms with Gasteiger partial charge in [0.1, 0.15) is 0 Å². The number of hydrogen-bond acceptors (Lipinski definition) is 4. The summed E-state index contributed by atoms with van der Waals surface area (Å²) < 4.78 is 45.5. The van der Waals surface area contributed by atoms with E-state index in [0.29, 0.717) is 5.69 Å². The Morgan fingerprint density at radius 1 is 1.10 bits per heavy atom. The van der Waals surface area contributed by atoms with Crippen LogP contribution in [0.2, 0.25) is 0 Å². The van der Waals surface area contributed by atoms with Crippen molar-refractivity contribution in [3.8, 4) is 5.69 Å². The average Bonchev–Trinajstić information content (AvgIpc) is 3.22. The summed E-state index contributed by atoms with van der Waals surface area (Å²) in [5.74, 6) is -0.620. The van der Waals surface area contributed by atoms with Crippen LogP contribution in [0.25, 0.3) is 5.69 Å². The number of rotatable bonds is 5. The number of hydrogen-bond donors (Lipinski definition) is 2. The van der Waals surface area contributed by atoms with E-state index >= 15 is 0 Å². The lowest BCUT2D eigenvalue weighted by Gasteiger charge is -2.15. The van der Waals surface area contributed by atoms with Crippen LogP contribution in [0.15, 0.2) is 60.9 Å². The molecule has 10 heteroatoms. The Hall–Kier alpha value is -3.82. The van der Waals surface area contributed by atoms with Crippen LogP contribution in [0, 0.1) is 0 Å². The fraction of sp³-hybridized carbons (Fsp3) is 0.150. The fourth-order valence-electron chi connectivity index (χ4n) is 2.61. The van der Waals surface area contributed by atoms with Gasteiger partial charge in [-0.2, -0.15) is 18.3 Å². The molecule has 2 amide bonds. The molecule has 0 aliphatic heterocycles. The minimum Gasteiger partial charge on any atom is -0.450 e. The summed E-state index contributed by atoms with van der Waals surface area (Å²) in [4.78, 5) is 24.0. The summed E-state index contributed by atoms with van der Waals surface area (Å²) in [7, 11) is 0. The van der Waals surface area contributed by atoms with E-state index in [1.54, 1.807) is 19.2 Å². The van der Waals surface area contributed by atoms with Crippen molar-refractivity contribution in [2.45, 2.75) is 13.1 Å². The number of carbonyl (C=O) groups is 2. The van der Waals surface area contributed by atoms with Crippen LogP contribution >= 0.6 is 0 Å². The number of halogens is 3. The molecule has 0 bridgehead atoms. The Labute approximate surface area is 169 Å². The SMILES string of the molecule is CCOC(=O)Nc1ccc(C(=O)Nc2cc(C(F)(F)F)ccc2-n2cccn2)cc1. The van der Waals surface area contributed by atoms with Gasteiger partial charge >= 0.3 is 12.3 Å². The number of ether oxygens (including phenoxy) is 1. The Morgan fingerprint density at radius 2 is 1.83 bits per heavy atom. The summed E-state index contributed by atoms with van der Waals surface area (Å²) >= 11 is 0. The molecule has 0 aliphatic carbocycles. The summed E-state index contributed by atoms with van der Waals surface area (Å²) in [6.07, 6.45) is -2.18. The number of aromatic nitrogens is 2. The van der Waals surface area contributed by atoms with E-state index in [2.05, 4.69) is 15.7 Å². The molecule has 0 saturated heterocycles. The molecule has 0 atom stereocenters. The fourth-order valence-corrected chi connectivity index (χ4v) is 2.61. The summed E-state index contributed by atoms with van der Waals surface area (Å²) in [6, 6.07) is 10.4. The monoisotopic (exact) mass is 418 g/mol. The molecular formula is C20H17F3N4O3. The van der Waals surface area contributed by atoms with E-state index in [9.17, 15) is 22.8 Å². The van der Waals surface area contributed by atoms with E-state index in [1.807, 2.05) is 0 Å². The largest absolute Gasteiger partial charge is 0.450 e. The molecule has 0 saturated carbocycles. The maximum Gasteiger partial charge on any atom is 0.416 e. The molecule has 3 aromatic rings. The third kappa shape index (κ3) is 4.96. The molecule has 0 fully saturated rings. The predicted octanol–water partition coefficient (Wildman–Crippen LogP) is 4.71. The highest BCUT2D eigenvalue weighted by Gasteiger charge is 2.31. The summed E-state index contributed by atoms with van der Waals surface area (Å²) in [6.45, 7) is 1.88. The van der Waals surface area contributed by atoms with Crippen molar-refractivity contribution >= 4 is 23.4 Å². The predicted molar refractivity (Wildman–Crippen MR) is 104 cm³/mol. The van der Waals surface area contributed by atoms with Gasteiger partial charge in [-0.15, -0.1) is 0 Å². The van der Waals surface area contributed by atoms with Crippen molar-refractivity contribution in [2.75, 3.05) is 17.2 Å². The molecule has 156 valence electrons. The van der Waals surface area contributed by atoms with Gasteiger partial charge in [0, 0.05) is 23.6 Å². The number of carbonyl (C=O) groups excluding carboxylic acids is 2. The Kier molecular flexibility index (Phi) is 6.05. The van der Waals surface area contributed by atoms with Crippen molar-refractivity contribution in [3.05, 3.63) is 72.1 Å². The average molecular weight is 418 g/mol. The second-order valence-electron chi connectivity index (χ2n) is 6.06. The smallest absolute Gasteiger partial charge is 0.416 e. The maximum absolute atomic E-state index is 13.1. The van der Waals surface area contributed by atoms with Gasteiger partial charge in [0.15, 0.2) is 0 Å². The van der Waals surface area contributed by atoms with Crippen LogP contribution in [-0.4, -0.2) is 28.4 Å². The lowest BCUT2D eigenvalue weighted by Crippen LogP contribution is -2.16.